The molecule has 25 heavy (non-hydrogen) atoms. The van der Waals surface area contributed by atoms with Crippen molar-refractivity contribution in [3.63, 3.8) is 0 Å². The van der Waals surface area contributed by atoms with Crippen LogP contribution in [-0.2, 0) is 15.1 Å². The number of rotatable bonds is 4. The summed E-state index contributed by atoms with van der Waals surface area (Å²) < 4.78 is 5.92. The fourth-order valence-electron chi connectivity index (χ4n) is 4.19. The number of benzene rings is 2. The van der Waals surface area contributed by atoms with Gasteiger partial charge in [0.25, 0.3) is 0 Å². The molecule has 0 amide bonds. The quantitative estimate of drug-likeness (QED) is 0.842. The van der Waals surface area contributed by atoms with Gasteiger partial charge in [-0.3, -0.25) is 0 Å². The summed E-state index contributed by atoms with van der Waals surface area (Å²) in [5.74, 6) is 0.116. The fraction of sp³-hybridized carbons (Fsp3) is 0.381. The third kappa shape index (κ3) is 2.86. The van der Waals surface area contributed by atoms with Crippen molar-refractivity contribution in [2.45, 2.75) is 24.5 Å². The molecule has 2 fully saturated rings. The summed E-state index contributed by atoms with van der Waals surface area (Å²) in [4.78, 5) is 13.2. The fourth-order valence-corrected chi connectivity index (χ4v) is 4.19. The summed E-state index contributed by atoms with van der Waals surface area (Å²) in [5, 5.41) is 14.9. The number of hydrogen-bond donors (Lipinski definition) is 2. The summed E-state index contributed by atoms with van der Waals surface area (Å²) in [6.45, 7) is 1.76. The zero-order chi connectivity index (χ0) is 17.3. The molecule has 1 aliphatic carbocycles. The van der Waals surface area contributed by atoms with Crippen molar-refractivity contribution in [2.24, 2.45) is 11.8 Å². The molecule has 2 aromatic rings. The summed E-state index contributed by atoms with van der Waals surface area (Å²) >= 11 is 0. The van der Waals surface area contributed by atoms with Gasteiger partial charge in [-0.05, 0) is 24.0 Å². The van der Waals surface area contributed by atoms with Crippen LogP contribution >= 0.6 is 0 Å². The van der Waals surface area contributed by atoms with Crippen LogP contribution in [0.2, 0.25) is 0 Å². The minimum Gasteiger partial charge on any atom is -0.459 e. The Morgan fingerprint density at radius 2 is 1.40 bits per heavy atom. The van der Waals surface area contributed by atoms with Crippen LogP contribution < -0.4 is 5.32 Å². The number of hydrogen-bond acceptors (Lipinski definition) is 4. The molecule has 1 aliphatic heterocycles. The van der Waals surface area contributed by atoms with E-state index in [2.05, 4.69) is 5.32 Å². The largest absolute Gasteiger partial charge is 0.459 e. The Morgan fingerprint density at radius 3 is 1.88 bits per heavy atom. The van der Waals surface area contributed by atoms with E-state index in [0.29, 0.717) is 23.0 Å². The molecule has 4 nitrogen and oxygen atoms in total. The molecule has 1 heterocycles. The Hall–Kier alpha value is -2.17. The predicted molar refractivity (Wildman–Crippen MR) is 94.8 cm³/mol. The number of esters is 1. The number of carbonyl (C=O) groups excluding carboxylic acids is 1. The molecular formula is C21H23NO3. The number of fused-ring (bicyclic) bond motifs is 2. The van der Waals surface area contributed by atoms with E-state index in [4.69, 9.17) is 4.74 Å². The van der Waals surface area contributed by atoms with Gasteiger partial charge in [-0.15, -0.1) is 0 Å². The first-order valence-electron chi connectivity index (χ1n) is 8.95. The smallest absolute Gasteiger partial charge is 0.347 e. The van der Waals surface area contributed by atoms with Crippen molar-refractivity contribution in [3.8, 4) is 0 Å². The van der Waals surface area contributed by atoms with E-state index in [-0.39, 0.29) is 6.10 Å². The van der Waals surface area contributed by atoms with Crippen LogP contribution in [0.15, 0.2) is 60.7 Å². The molecule has 4 rings (SSSR count). The molecule has 1 saturated heterocycles. The number of aliphatic hydroxyl groups is 1. The van der Waals surface area contributed by atoms with Crippen LogP contribution in [0.1, 0.15) is 24.0 Å². The maximum atomic E-state index is 13.2. The SMILES string of the molecule is O=C(OC1C2CCC1CNC2)C(O)(c1ccccc1)c1ccccc1. The highest BCUT2D eigenvalue weighted by Crippen LogP contribution is 2.38. The van der Waals surface area contributed by atoms with Crippen molar-refractivity contribution >= 4 is 5.97 Å². The standard InChI is InChI=1S/C21H23NO3/c23-20(25-19-15-11-12-16(19)14-22-13-15)21(24,17-7-3-1-4-8-17)18-9-5-2-6-10-18/h1-10,15-16,19,22,24H,11-14H2. The highest BCUT2D eigenvalue weighted by atomic mass is 16.6. The first kappa shape index (κ1) is 16.3. The lowest BCUT2D eigenvalue weighted by molar-refractivity contribution is -0.172. The van der Waals surface area contributed by atoms with E-state index in [1.54, 1.807) is 24.3 Å². The normalized spacial score (nSPS) is 25.6. The Balaban J connectivity index is 1.68. The monoisotopic (exact) mass is 337 g/mol. The molecular weight excluding hydrogens is 314 g/mol. The minimum absolute atomic E-state index is 0.104. The average molecular weight is 337 g/mol. The van der Waals surface area contributed by atoms with Crippen molar-refractivity contribution in [3.05, 3.63) is 71.8 Å². The highest BCUT2D eigenvalue weighted by molar-refractivity contribution is 5.85. The van der Waals surface area contributed by atoms with Gasteiger partial charge in [0.1, 0.15) is 6.10 Å². The van der Waals surface area contributed by atoms with Crippen molar-refractivity contribution in [2.75, 3.05) is 13.1 Å². The van der Waals surface area contributed by atoms with Crippen LogP contribution in [0.25, 0.3) is 0 Å². The lowest BCUT2D eigenvalue weighted by Crippen LogP contribution is -2.47. The molecule has 2 aliphatic rings. The maximum absolute atomic E-state index is 13.2. The van der Waals surface area contributed by atoms with E-state index >= 15 is 0 Å². The van der Waals surface area contributed by atoms with Crippen molar-refractivity contribution < 1.29 is 14.6 Å². The maximum Gasteiger partial charge on any atom is 0.347 e. The third-order valence-electron chi connectivity index (χ3n) is 5.57. The van der Waals surface area contributed by atoms with Crippen molar-refractivity contribution in [1.82, 2.24) is 5.32 Å². The lowest BCUT2D eigenvalue weighted by Gasteiger charge is -2.34. The van der Waals surface area contributed by atoms with E-state index < -0.39 is 11.6 Å². The molecule has 2 bridgehead atoms. The summed E-state index contributed by atoms with van der Waals surface area (Å²) in [6, 6.07) is 18.1. The molecule has 0 spiro atoms. The third-order valence-corrected chi connectivity index (χ3v) is 5.57. The average Bonchev–Trinajstić information content (AvgIpc) is 2.89. The van der Waals surface area contributed by atoms with Gasteiger partial charge in [0.2, 0.25) is 5.60 Å². The van der Waals surface area contributed by atoms with Gasteiger partial charge in [0, 0.05) is 24.9 Å². The van der Waals surface area contributed by atoms with E-state index in [1.807, 2.05) is 36.4 Å². The van der Waals surface area contributed by atoms with Crippen LogP contribution in [0.4, 0.5) is 0 Å². The topological polar surface area (TPSA) is 58.6 Å². The van der Waals surface area contributed by atoms with E-state index in [0.717, 1.165) is 25.9 Å². The first-order chi connectivity index (χ1) is 12.2. The molecule has 0 aromatic heterocycles. The van der Waals surface area contributed by atoms with E-state index in [1.165, 1.54) is 0 Å². The molecule has 2 atom stereocenters. The van der Waals surface area contributed by atoms with Gasteiger partial charge >= 0.3 is 5.97 Å². The Bertz CT molecular complexity index is 676. The molecule has 2 unspecified atom stereocenters. The number of ether oxygens (including phenoxy) is 1. The second-order valence-electron chi connectivity index (χ2n) is 7.07. The molecule has 130 valence electrons. The summed E-state index contributed by atoms with van der Waals surface area (Å²) in [6.07, 6.45) is 2.04. The Labute approximate surface area is 147 Å². The second kappa shape index (κ2) is 6.62. The molecule has 2 N–H and O–H groups in total. The highest BCUT2D eigenvalue weighted by Gasteiger charge is 2.47. The number of piperidine rings is 1. The molecule has 1 saturated carbocycles. The van der Waals surface area contributed by atoms with Gasteiger partial charge in [-0.25, -0.2) is 4.79 Å². The van der Waals surface area contributed by atoms with Gasteiger partial charge in [0.05, 0.1) is 0 Å². The van der Waals surface area contributed by atoms with Crippen LogP contribution in [0.5, 0.6) is 0 Å². The molecule has 0 radical (unpaired) electrons. The van der Waals surface area contributed by atoms with Gasteiger partial charge < -0.3 is 15.2 Å². The van der Waals surface area contributed by atoms with Gasteiger partial charge in [-0.1, -0.05) is 60.7 Å². The number of nitrogens with one attached hydrogen (secondary N) is 1. The van der Waals surface area contributed by atoms with Gasteiger partial charge in [-0.2, -0.15) is 0 Å². The minimum atomic E-state index is -1.78. The Kier molecular flexibility index (Phi) is 4.32. The summed E-state index contributed by atoms with van der Waals surface area (Å²) in [5.41, 5.74) is -0.715. The molecule has 2 aromatic carbocycles. The lowest BCUT2D eigenvalue weighted by atomic mass is 9.86. The van der Waals surface area contributed by atoms with Gasteiger partial charge in [0.15, 0.2) is 0 Å². The van der Waals surface area contributed by atoms with Crippen LogP contribution in [0.3, 0.4) is 0 Å². The molecule has 4 heteroatoms. The first-order valence-corrected chi connectivity index (χ1v) is 8.95. The number of carbonyl (C=O) groups is 1. The zero-order valence-corrected chi connectivity index (χ0v) is 14.1. The van der Waals surface area contributed by atoms with Crippen LogP contribution in [0, 0.1) is 11.8 Å². The zero-order valence-electron chi connectivity index (χ0n) is 14.1. The van der Waals surface area contributed by atoms with Crippen molar-refractivity contribution in [1.29, 1.82) is 0 Å². The summed E-state index contributed by atoms with van der Waals surface area (Å²) in [7, 11) is 0. The Morgan fingerprint density at radius 1 is 0.920 bits per heavy atom. The predicted octanol–water partition coefficient (Wildman–Crippen LogP) is 2.46. The van der Waals surface area contributed by atoms with Crippen LogP contribution in [-0.4, -0.2) is 30.3 Å². The van der Waals surface area contributed by atoms with E-state index in [9.17, 15) is 9.90 Å². The second-order valence-corrected chi connectivity index (χ2v) is 7.07.